The van der Waals surface area contributed by atoms with Gasteiger partial charge in [-0.05, 0) is 48.9 Å². The van der Waals surface area contributed by atoms with Gasteiger partial charge in [-0.1, -0.05) is 34.5 Å². The van der Waals surface area contributed by atoms with Crippen LogP contribution in [0.2, 0.25) is 5.02 Å². The first-order valence-corrected chi connectivity index (χ1v) is 7.77. The first-order chi connectivity index (χ1) is 9.69. The number of benzene rings is 2. The zero-order valence-corrected chi connectivity index (χ0v) is 13.7. The predicted octanol–water partition coefficient (Wildman–Crippen LogP) is 5.50. The van der Waals surface area contributed by atoms with E-state index in [0.29, 0.717) is 13.2 Å². The number of nitrogens with one attached hydrogen (secondary N) is 1. The van der Waals surface area contributed by atoms with Crippen LogP contribution in [0.1, 0.15) is 18.9 Å². The molecule has 0 atom stereocenters. The SMILES string of the molecule is CCCOc1ccc(Cl)cc1CNc1ccc(Br)cc1. The molecule has 0 bridgehead atoms. The second-order valence-corrected chi connectivity index (χ2v) is 5.81. The zero-order valence-electron chi connectivity index (χ0n) is 11.3. The summed E-state index contributed by atoms with van der Waals surface area (Å²) in [4.78, 5) is 0. The van der Waals surface area contributed by atoms with Crippen molar-refractivity contribution in [3.8, 4) is 5.75 Å². The van der Waals surface area contributed by atoms with Gasteiger partial charge in [0.25, 0.3) is 0 Å². The molecule has 2 aromatic rings. The Bertz CT molecular complexity index is 557. The van der Waals surface area contributed by atoms with Crippen molar-refractivity contribution in [2.45, 2.75) is 19.9 Å². The monoisotopic (exact) mass is 353 g/mol. The van der Waals surface area contributed by atoms with Gasteiger partial charge in [-0.2, -0.15) is 0 Å². The van der Waals surface area contributed by atoms with E-state index in [1.54, 1.807) is 0 Å². The van der Waals surface area contributed by atoms with E-state index in [1.807, 2.05) is 42.5 Å². The number of rotatable bonds is 6. The van der Waals surface area contributed by atoms with Gasteiger partial charge in [0.15, 0.2) is 0 Å². The van der Waals surface area contributed by atoms with Gasteiger partial charge in [-0.3, -0.25) is 0 Å². The molecule has 0 aromatic heterocycles. The van der Waals surface area contributed by atoms with Crippen molar-refractivity contribution < 1.29 is 4.74 Å². The van der Waals surface area contributed by atoms with Gasteiger partial charge in [0.05, 0.1) is 6.61 Å². The third-order valence-electron chi connectivity index (χ3n) is 2.81. The lowest BCUT2D eigenvalue weighted by Gasteiger charge is -2.13. The van der Waals surface area contributed by atoms with Crippen molar-refractivity contribution in [1.29, 1.82) is 0 Å². The Morgan fingerprint density at radius 3 is 2.60 bits per heavy atom. The third-order valence-corrected chi connectivity index (χ3v) is 3.58. The molecule has 0 aliphatic heterocycles. The van der Waals surface area contributed by atoms with Crippen LogP contribution in [-0.2, 0) is 6.54 Å². The second kappa shape index (κ2) is 7.55. The summed E-state index contributed by atoms with van der Waals surface area (Å²) in [7, 11) is 0. The molecule has 0 heterocycles. The number of anilines is 1. The predicted molar refractivity (Wildman–Crippen MR) is 88.7 cm³/mol. The minimum Gasteiger partial charge on any atom is -0.493 e. The van der Waals surface area contributed by atoms with Crippen LogP contribution < -0.4 is 10.1 Å². The van der Waals surface area contributed by atoms with Crippen LogP contribution in [0.4, 0.5) is 5.69 Å². The molecule has 2 rings (SSSR count). The highest BCUT2D eigenvalue weighted by Gasteiger charge is 2.05. The molecule has 4 heteroatoms. The van der Waals surface area contributed by atoms with Crippen LogP contribution in [0.5, 0.6) is 5.75 Å². The standard InChI is InChI=1S/C16H17BrClNO/c1-2-9-20-16-8-5-14(18)10-12(16)11-19-15-6-3-13(17)4-7-15/h3-8,10,19H,2,9,11H2,1H3. The van der Waals surface area contributed by atoms with Gasteiger partial charge in [-0.15, -0.1) is 0 Å². The Morgan fingerprint density at radius 2 is 1.90 bits per heavy atom. The van der Waals surface area contributed by atoms with Gasteiger partial charge in [0.2, 0.25) is 0 Å². The Hall–Kier alpha value is -1.19. The van der Waals surface area contributed by atoms with Crippen LogP contribution in [-0.4, -0.2) is 6.61 Å². The molecule has 0 aliphatic rings. The van der Waals surface area contributed by atoms with Crippen molar-refractivity contribution in [1.82, 2.24) is 0 Å². The Balaban J connectivity index is 2.07. The van der Waals surface area contributed by atoms with Crippen LogP contribution in [0.25, 0.3) is 0 Å². The lowest BCUT2D eigenvalue weighted by Crippen LogP contribution is -2.04. The highest BCUT2D eigenvalue weighted by atomic mass is 79.9. The summed E-state index contributed by atoms with van der Waals surface area (Å²) in [5.41, 5.74) is 2.13. The van der Waals surface area contributed by atoms with Gasteiger partial charge in [0, 0.05) is 27.3 Å². The van der Waals surface area contributed by atoms with Crippen molar-refractivity contribution in [3.63, 3.8) is 0 Å². The average Bonchev–Trinajstić information content (AvgIpc) is 2.46. The Labute approximate surface area is 133 Å². The number of hydrogen-bond donors (Lipinski definition) is 1. The van der Waals surface area contributed by atoms with E-state index in [1.165, 1.54) is 0 Å². The van der Waals surface area contributed by atoms with E-state index in [2.05, 4.69) is 28.2 Å². The second-order valence-electron chi connectivity index (χ2n) is 4.46. The topological polar surface area (TPSA) is 21.3 Å². The summed E-state index contributed by atoms with van der Waals surface area (Å²) >= 11 is 9.49. The van der Waals surface area contributed by atoms with E-state index in [0.717, 1.165) is 32.9 Å². The van der Waals surface area contributed by atoms with E-state index in [9.17, 15) is 0 Å². The first kappa shape index (κ1) is 15.2. The molecular formula is C16H17BrClNO. The number of halogens is 2. The Kier molecular flexibility index (Phi) is 5.74. The molecule has 0 amide bonds. The molecule has 106 valence electrons. The summed E-state index contributed by atoms with van der Waals surface area (Å²) in [5.74, 6) is 0.890. The molecule has 0 unspecified atom stereocenters. The maximum absolute atomic E-state index is 6.06. The normalized spacial score (nSPS) is 10.3. The number of ether oxygens (including phenoxy) is 1. The van der Waals surface area contributed by atoms with Crippen molar-refractivity contribution in [2.24, 2.45) is 0 Å². The fraction of sp³-hybridized carbons (Fsp3) is 0.250. The fourth-order valence-corrected chi connectivity index (χ4v) is 2.26. The fourth-order valence-electron chi connectivity index (χ4n) is 1.80. The summed E-state index contributed by atoms with van der Waals surface area (Å²) in [6.07, 6.45) is 0.988. The lowest BCUT2D eigenvalue weighted by molar-refractivity contribution is 0.314. The van der Waals surface area contributed by atoms with Gasteiger partial charge >= 0.3 is 0 Å². The molecule has 2 aromatic carbocycles. The van der Waals surface area contributed by atoms with Crippen LogP contribution >= 0.6 is 27.5 Å². The van der Waals surface area contributed by atoms with Crippen LogP contribution in [0.15, 0.2) is 46.9 Å². The van der Waals surface area contributed by atoms with Crippen molar-refractivity contribution in [3.05, 3.63) is 57.5 Å². The van der Waals surface area contributed by atoms with E-state index in [-0.39, 0.29) is 0 Å². The molecular weight excluding hydrogens is 338 g/mol. The molecule has 0 saturated carbocycles. The maximum atomic E-state index is 6.06. The molecule has 0 saturated heterocycles. The van der Waals surface area contributed by atoms with Gasteiger partial charge in [-0.25, -0.2) is 0 Å². The minimum absolute atomic E-state index is 0.682. The first-order valence-electron chi connectivity index (χ1n) is 6.59. The van der Waals surface area contributed by atoms with Gasteiger partial charge in [0.1, 0.15) is 5.75 Å². The minimum atomic E-state index is 0.682. The largest absolute Gasteiger partial charge is 0.493 e. The van der Waals surface area contributed by atoms with Crippen LogP contribution in [0.3, 0.4) is 0 Å². The summed E-state index contributed by atoms with van der Waals surface area (Å²) < 4.78 is 6.81. The van der Waals surface area contributed by atoms with E-state index in [4.69, 9.17) is 16.3 Å². The molecule has 2 nitrogen and oxygen atoms in total. The van der Waals surface area contributed by atoms with E-state index < -0.39 is 0 Å². The number of hydrogen-bond acceptors (Lipinski definition) is 2. The summed E-state index contributed by atoms with van der Waals surface area (Å²) in [6.45, 7) is 3.49. The zero-order chi connectivity index (χ0) is 14.4. The highest BCUT2D eigenvalue weighted by Crippen LogP contribution is 2.24. The Morgan fingerprint density at radius 1 is 1.15 bits per heavy atom. The summed E-state index contributed by atoms with van der Waals surface area (Å²) in [6, 6.07) is 13.8. The smallest absolute Gasteiger partial charge is 0.124 e. The lowest BCUT2D eigenvalue weighted by atomic mass is 10.2. The molecule has 0 radical (unpaired) electrons. The summed E-state index contributed by atoms with van der Waals surface area (Å²) in [5, 5.41) is 4.10. The molecule has 0 spiro atoms. The molecule has 0 aliphatic carbocycles. The maximum Gasteiger partial charge on any atom is 0.124 e. The third kappa shape index (κ3) is 4.43. The van der Waals surface area contributed by atoms with Crippen molar-refractivity contribution >= 4 is 33.2 Å². The van der Waals surface area contributed by atoms with E-state index >= 15 is 0 Å². The highest BCUT2D eigenvalue weighted by molar-refractivity contribution is 9.10. The van der Waals surface area contributed by atoms with Crippen molar-refractivity contribution in [2.75, 3.05) is 11.9 Å². The molecule has 1 N–H and O–H groups in total. The van der Waals surface area contributed by atoms with Gasteiger partial charge < -0.3 is 10.1 Å². The molecule has 20 heavy (non-hydrogen) atoms. The van der Waals surface area contributed by atoms with Crippen LogP contribution in [0, 0.1) is 0 Å². The average molecular weight is 355 g/mol. The molecule has 0 fully saturated rings. The quantitative estimate of drug-likeness (QED) is 0.739.